The summed E-state index contributed by atoms with van der Waals surface area (Å²) in [5, 5.41) is 0. The Morgan fingerprint density at radius 1 is 0.963 bits per heavy atom. The molecule has 1 aromatic carbocycles. The fourth-order valence-electron chi connectivity index (χ4n) is 3.99. The summed E-state index contributed by atoms with van der Waals surface area (Å²) in [6, 6.07) is 13.1. The van der Waals surface area contributed by atoms with Crippen molar-refractivity contribution >= 4 is 5.82 Å². The smallest absolute Gasteiger partial charge is 0.161 e. The average molecular weight is 358 g/mol. The van der Waals surface area contributed by atoms with Gasteiger partial charge in [0, 0.05) is 36.3 Å². The molecule has 0 aliphatic carbocycles. The first kappa shape index (κ1) is 17.7. The standard InChI is InChI=1S/C23H26N4/c1-16-7-6-8-20(18(16)3)21-9-4-5-14-27(21)22-15-17(2)25-23(26-22)19-10-12-24-13-11-19/h6-8,10-13,15,21H,4-5,9,14H2,1-3H3/t21-/m0/s1. The molecule has 4 nitrogen and oxygen atoms in total. The number of benzene rings is 1. The highest BCUT2D eigenvalue weighted by molar-refractivity contribution is 5.58. The summed E-state index contributed by atoms with van der Waals surface area (Å²) in [4.78, 5) is 16.2. The lowest BCUT2D eigenvalue weighted by molar-refractivity contribution is 0.468. The third kappa shape index (κ3) is 3.57. The van der Waals surface area contributed by atoms with Crippen molar-refractivity contribution in [3.05, 3.63) is 71.2 Å². The van der Waals surface area contributed by atoms with Crippen molar-refractivity contribution in [2.75, 3.05) is 11.4 Å². The van der Waals surface area contributed by atoms with Gasteiger partial charge in [-0.05, 0) is 68.9 Å². The summed E-state index contributed by atoms with van der Waals surface area (Å²) in [6.45, 7) is 7.52. The molecule has 1 saturated heterocycles. The van der Waals surface area contributed by atoms with Gasteiger partial charge in [-0.25, -0.2) is 9.97 Å². The highest BCUT2D eigenvalue weighted by Crippen LogP contribution is 2.36. The Labute approximate surface area is 161 Å². The van der Waals surface area contributed by atoms with Crippen LogP contribution in [0.1, 0.15) is 47.7 Å². The number of anilines is 1. The van der Waals surface area contributed by atoms with Gasteiger partial charge in [0.2, 0.25) is 0 Å². The quantitative estimate of drug-likeness (QED) is 0.646. The van der Waals surface area contributed by atoms with Gasteiger partial charge in [-0.3, -0.25) is 4.98 Å². The molecule has 1 atom stereocenters. The predicted octanol–water partition coefficient (Wildman–Crippen LogP) is 5.20. The van der Waals surface area contributed by atoms with Gasteiger partial charge in [0.25, 0.3) is 0 Å². The Hall–Kier alpha value is -2.75. The van der Waals surface area contributed by atoms with E-state index in [4.69, 9.17) is 4.98 Å². The molecule has 0 unspecified atom stereocenters. The maximum atomic E-state index is 4.94. The lowest BCUT2D eigenvalue weighted by atomic mass is 9.90. The summed E-state index contributed by atoms with van der Waals surface area (Å²) in [6.07, 6.45) is 7.21. The van der Waals surface area contributed by atoms with Crippen LogP contribution in [0.2, 0.25) is 0 Å². The average Bonchev–Trinajstić information content (AvgIpc) is 2.70. The van der Waals surface area contributed by atoms with Crippen LogP contribution in [0.4, 0.5) is 5.82 Å². The second kappa shape index (κ2) is 7.47. The molecule has 0 radical (unpaired) electrons. The van der Waals surface area contributed by atoms with Crippen molar-refractivity contribution in [1.82, 2.24) is 15.0 Å². The van der Waals surface area contributed by atoms with Crippen molar-refractivity contribution in [2.24, 2.45) is 0 Å². The maximum absolute atomic E-state index is 4.94. The molecule has 27 heavy (non-hydrogen) atoms. The van der Waals surface area contributed by atoms with Crippen molar-refractivity contribution < 1.29 is 0 Å². The molecule has 3 aromatic rings. The van der Waals surface area contributed by atoms with Crippen LogP contribution in [0.3, 0.4) is 0 Å². The van der Waals surface area contributed by atoms with E-state index in [1.165, 1.54) is 29.5 Å². The van der Waals surface area contributed by atoms with Gasteiger partial charge in [0.05, 0.1) is 6.04 Å². The molecule has 4 rings (SSSR count). The number of aromatic nitrogens is 3. The Kier molecular flexibility index (Phi) is 4.88. The van der Waals surface area contributed by atoms with Gasteiger partial charge in [0.1, 0.15) is 5.82 Å². The zero-order valence-corrected chi connectivity index (χ0v) is 16.3. The minimum absolute atomic E-state index is 0.373. The molecule has 3 heterocycles. The Balaban J connectivity index is 1.76. The molecule has 0 spiro atoms. The van der Waals surface area contributed by atoms with Crippen LogP contribution in [0.25, 0.3) is 11.4 Å². The normalized spacial score (nSPS) is 17.1. The monoisotopic (exact) mass is 358 g/mol. The van der Waals surface area contributed by atoms with Crippen LogP contribution in [-0.4, -0.2) is 21.5 Å². The van der Waals surface area contributed by atoms with E-state index < -0.39 is 0 Å². The Bertz CT molecular complexity index is 936. The first-order chi connectivity index (χ1) is 13.1. The van der Waals surface area contributed by atoms with E-state index in [1.807, 2.05) is 19.1 Å². The van der Waals surface area contributed by atoms with Crippen molar-refractivity contribution in [3.8, 4) is 11.4 Å². The molecule has 0 amide bonds. The first-order valence-corrected chi connectivity index (χ1v) is 9.72. The number of hydrogen-bond donors (Lipinski definition) is 0. The van der Waals surface area contributed by atoms with Crippen LogP contribution >= 0.6 is 0 Å². The zero-order chi connectivity index (χ0) is 18.8. The van der Waals surface area contributed by atoms with Gasteiger partial charge in [-0.15, -0.1) is 0 Å². The fourth-order valence-corrected chi connectivity index (χ4v) is 3.99. The van der Waals surface area contributed by atoms with E-state index in [2.05, 4.69) is 53.0 Å². The van der Waals surface area contributed by atoms with E-state index in [-0.39, 0.29) is 0 Å². The zero-order valence-electron chi connectivity index (χ0n) is 16.3. The van der Waals surface area contributed by atoms with Crippen LogP contribution < -0.4 is 4.90 Å². The highest BCUT2D eigenvalue weighted by atomic mass is 15.2. The van der Waals surface area contributed by atoms with Crippen molar-refractivity contribution in [1.29, 1.82) is 0 Å². The molecule has 0 bridgehead atoms. The van der Waals surface area contributed by atoms with E-state index in [0.717, 1.165) is 35.9 Å². The van der Waals surface area contributed by atoms with Gasteiger partial charge in [0.15, 0.2) is 5.82 Å². The number of hydrogen-bond acceptors (Lipinski definition) is 4. The summed E-state index contributed by atoms with van der Waals surface area (Å²) in [5.74, 6) is 1.80. The Morgan fingerprint density at radius 3 is 2.59 bits per heavy atom. The van der Waals surface area contributed by atoms with Crippen LogP contribution in [-0.2, 0) is 0 Å². The summed E-state index contributed by atoms with van der Waals surface area (Å²) < 4.78 is 0. The van der Waals surface area contributed by atoms with Crippen LogP contribution in [0, 0.1) is 20.8 Å². The van der Waals surface area contributed by atoms with Gasteiger partial charge < -0.3 is 4.90 Å². The molecule has 1 fully saturated rings. The summed E-state index contributed by atoms with van der Waals surface area (Å²) in [7, 11) is 0. The third-order valence-corrected chi connectivity index (χ3v) is 5.58. The van der Waals surface area contributed by atoms with Gasteiger partial charge in [-0.1, -0.05) is 18.2 Å². The topological polar surface area (TPSA) is 41.9 Å². The number of rotatable bonds is 3. The van der Waals surface area contributed by atoms with Crippen LogP contribution in [0.15, 0.2) is 48.8 Å². The molecule has 0 saturated carbocycles. The van der Waals surface area contributed by atoms with Crippen LogP contribution in [0.5, 0.6) is 0 Å². The minimum Gasteiger partial charge on any atom is -0.349 e. The molecule has 138 valence electrons. The van der Waals surface area contributed by atoms with Gasteiger partial charge >= 0.3 is 0 Å². The highest BCUT2D eigenvalue weighted by Gasteiger charge is 2.27. The SMILES string of the molecule is Cc1cc(N2CCCC[C@H]2c2cccc(C)c2C)nc(-c2ccncc2)n1. The second-order valence-corrected chi connectivity index (χ2v) is 7.42. The third-order valence-electron chi connectivity index (χ3n) is 5.58. The van der Waals surface area contributed by atoms with Gasteiger partial charge in [-0.2, -0.15) is 0 Å². The lowest BCUT2D eigenvalue weighted by Gasteiger charge is -2.38. The summed E-state index contributed by atoms with van der Waals surface area (Å²) in [5.41, 5.74) is 6.19. The maximum Gasteiger partial charge on any atom is 0.161 e. The molecular weight excluding hydrogens is 332 g/mol. The molecule has 1 aliphatic rings. The van der Waals surface area contributed by atoms with E-state index in [9.17, 15) is 0 Å². The Morgan fingerprint density at radius 2 is 1.78 bits per heavy atom. The number of aryl methyl sites for hydroxylation is 2. The molecule has 4 heteroatoms. The molecule has 1 aliphatic heterocycles. The molecule has 2 aromatic heterocycles. The molecular formula is C23H26N4. The first-order valence-electron chi connectivity index (χ1n) is 9.72. The minimum atomic E-state index is 0.373. The fraction of sp³-hybridized carbons (Fsp3) is 0.348. The molecule has 0 N–H and O–H groups in total. The predicted molar refractivity (Wildman–Crippen MR) is 110 cm³/mol. The number of pyridine rings is 1. The van der Waals surface area contributed by atoms with Crippen molar-refractivity contribution in [2.45, 2.75) is 46.1 Å². The number of piperidine rings is 1. The summed E-state index contributed by atoms with van der Waals surface area (Å²) >= 11 is 0. The van der Waals surface area contributed by atoms with E-state index in [0.29, 0.717) is 6.04 Å². The second-order valence-electron chi connectivity index (χ2n) is 7.42. The lowest BCUT2D eigenvalue weighted by Crippen LogP contribution is -2.34. The van der Waals surface area contributed by atoms with E-state index in [1.54, 1.807) is 12.4 Å². The van der Waals surface area contributed by atoms with Crippen molar-refractivity contribution in [3.63, 3.8) is 0 Å². The number of nitrogens with zero attached hydrogens (tertiary/aromatic N) is 4. The largest absolute Gasteiger partial charge is 0.349 e. The van der Waals surface area contributed by atoms with E-state index >= 15 is 0 Å².